The predicted molar refractivity (Wildman–Crippen MR) is 82.6 cm³/mol. The zero-order valence-electron chi connectivity index (χ0n) is 13.2. The summed E-state index contributed by atoms with van der Waals surface area (Å²) in [6, 6.07) is 5.53. The standard InChI is InChI=1S/C16H24N2O3/c1-15(2,3)21-14(19)18-11-6-7-12(13(10-11)20-4)16(17)8-5-9-16/h6-7,10H,5,8-9,17H2,1-4H3,(H,18,19). The maximum Gasteiger partial charge on any atom is 0.412 e. The summed E-state index contributed by atoms with van der Waals surface area (Å²) in [6.45, 7) is 5.47. The second kappa shape index (κ2) is 5.56. The number of anilines is 1. The molecule has 0 aromatic heterocycles. The van der Waals surface area contributed by atoms with Crippen LogP contribution < -0.4 is 15.8 Å². The van der Waals surface area contributed by atoms with Gasteiger partial charge in [-0.25, -0.2) is 4.79 Å². The van der Waals surface area contributed by atoms with E-state index in [4.69, 9.17) is 15.2 Å². The number of amides is 1. The van der Waals surface area contributed by atoms with Crippen LogP contribution in [0, 0.1) is 0 Å². The van der Waals surface area contributed by atoms with Crippen molar-refractivity contribution in [3.8, 4) is 5.75 Å². The highest BCUT2D eigenvalue weighted by atomic mass is 16.6. The van der Waals surface area contributed by atoms with Crippen LogP contribution in [0.25, 0.3) is 0 Å². The lowest BCUT2D eigenvalue weighted by atomic mass is 9.72. The second-order valence-electron chi connectivity index (χ2n) is 6.55. The van der Waals surface area contributed by atoms with Gasteiger partial charge in [-0.2, -0.15) is 0 Å². The monoisotopic (exact) mass is 292 g/mol. The summed E-state index contributed by atoms with van der Waals surface area (Å²) < 4.78 is 10.6. The molecule has 0 saturated heterocycles. The van der Waals surface area contributed by atoms with Gasteiger partial charge in [0.2, 0.25) is 0 Å². The number of carbonyl (C=O) groups excluding carboxylic acids is 1. The molecule has 0 bridgehead atoms. The molecule has 0 heterocycles. The molecular formula is C16H24N2O3. The van der Waals surface area contributed by atoms with E-state index in [0.717, 1.165) is 24.8 Å². The van der Waals surface area contributed by atoms with E-state index in [-0.39, 0.29) is 5.54 Å². The SMILES string of the molecule is COc1cc(NC(=O)OC(C)(C)C)ccc1C1(N)CCC1. The van der Waals surface area contributed by atoms with Crippen LogP contribution in [0.15, 0.2) is 18.2 Å². The number of carbonyl (C=O) groups is 1. The van der Waals surface area contributed by atoms with Crippen molar-refractivity contribution in [2.45, 2.75) is 51.2 Å². The van der Waals surface area contributed by atoms with E-state index >= 15 is 0 Å². The molecule has 5 heteroatoms. The van der Waals surface area contributed by atoms with E-state index in [0.29, 0.717) is 11.4 Å². The second-order valence-corrected chi connectivity index (χ2v) is 6.55. The Balaban J connectivity index is 2.14. The van der Waals surface area contributed by atoms with Gasteiger partial charge < -0.3 is 15.2 Å². The largest absolute Gasteiger partial charge is 0.496 e. The van der Waals surface area contributed by atoms with Crippen LogP contribution in [0.5, 0.6) is 5.75 Å². The van der Waals surface area contributed by atoms with Crippen molar-refractivity contribution in [1.82, 2.24) is 0 Å². The first-order valence-electron chi connectivity index (χ1n) is 7.21. The minimum Gasteiger partial charge on any atom is -0.496 e. The van der Waals surface area contributed by atoms with Gasteiger partial charge in [-0.3, -0.25) is 5.32 Å². The molecule has 0 aliphatic heterocycles. The number of hydrogen-bond acceptors (Lipinski definition) is 4. The number of benzene rings is 1. The van der Waals surface area contributed by atoms with Crippen LogP contribution in [0.3, 0.4) is 0 Å². The number of nitrogens with two attached hydrogens (primary N) is 1. The molecule has 1 amide bonds. The van der Waals surface area contributed by atoms with Crippen LogP contribution in [-0.4, -0.2) is 18.8 Å². The van der Waals surface area contributed by atoms with Gasteiger partial charge >= 0.3 is 6.09 Å². The molecule has 1 aliphatic rings. The first kappa shape index (κ1) is 15.6. The number of hydrogen-bond donors (Lipinski definition) is 2. The average molecular weight is 292 g/mol. The molecule has 1 fully saturated rings. The molecule has 2 rings (SSSR count). The molecular weight excluding hydrogens is 268 g/mol. The van der Waals surface area contributed by atoms with Crippen molar-refractivity contribution >= 4 is 11.8 Å². The third kappa shape index (κ3) is 3.67. The summed E-state index contributed by atoms with van der Waals surface area (Å²) in [7, 11) is 1.61. The van der Waals surface area contributed by atoms with Crippen LogP contribution >= 0.6 is 0 Å². The van der Waals surface area contributed by atoms with Gasteiger partial charge in [0.05, 0.1) is 7.11 Å². The summed E-state index contributed by atoms with van der Waals surface area (Å²) in [5.41, 5.74) is 7.14. The minimum atomic E-state index is -0.526. The van der Waals surface area contributed by atoms with Crippen molar-refractivity contribution in [2.24, 2.45) is 5.73 Å². The predicted octanol–water partition coefficient (Wildman–Crippen LogP) is 3.38. The molecule has 116 valence electrons. The fraction of sp³-hybridized carbons (Fsp3) is 0.562. The third-order valence-corrected chi connectivity index (χ3v) is 3.63. The topological polar surface area (TPSA) is 73.6 Å². The number of nitrogens with one attached hydrogen (secondary N) is 1. The summed E-state index contributed by atoms with van der Waals surface area (Å²) in [4.78, 5) is 11.8. The minimum absolute atomic E-state index is 0.296. The van der Waals surface area contributed by atoms with Gasteiger partial charge in [-0.1, -0.05) is 6.07 Å². The maximum absolute atomic E-state index is 11.8. The number of methoxy groups -OCH3 is 1. The van der Waals surface area contributed by atoms with Crippen molar-refractivity contribution < 1.29 is 14.3 Å². The molecule has 0 unspecified atom stereocenters. The average Bonchev–Trinajstić information content (AvgIpc) is 2.33. The van der Waals surface area contributed by atoms with Gasteiger partial charge in [0.25, 0.3) is 0 Å². The van der Waals surface area contributed by atoms with E-state index in [2.05, 4.69) is 5.32 Å². The zero-order chi connectivity index (χ0) is 15.7. The summed E-state index contributed by atoms with van der Waals surface area (Å²) in [5, 5.41) is 2.71. The van der Waals surface area contributed by atoms with E-state index in [1.54, 1.807) is 13.2 Å². The van der Waals surface area contributed by atoms with E-state index in [1.807, 2.05) is 32.9 Å². The molecule has 0 radical (unpaired) electrons. The van der Waals surface area contributed by atoms with Crippen LogP contribution in [0.4, 0.5) is 10.5 Å². The van der Waals surface area contributed by atoms with Gasteiger partial charge in [0.15, 0.2) is 0 Å². The van der Waals surface area contributed by atoms with E-state index < -0.39 is 11.7 Å². The van der Waals surface area contributed by atoms with Gasteiger partial charge in [0, 0.05) is 22.9 Å². The Morgan fingerprint density at radius 1 is 1.33 bits per heavy atom. The van der Waals surface area contributed by atoms with Gasteiger partial charge in [-0.15, -0.1) is 0 Å². The van der Waals surface area contributed by atoms with Gasteiger partial charge in [0.1, 0.15) is 11.4 Å². The Labute approximate surface area is 125 Å². The maximum atomic E-state index is 11.8. The third-order valence-electron chi connectivity index (χ3n) is 3.63. The Kier molecular flexibility index (Phi) is 4.14. The molecule has 0 spiro atoms. The molecule has 3 N–H and O–H groups in total. The van der Waals surface area contributed by atoms with Crippen LogP contribution in [-0.2, 0) is 10.3 Å². The lowest BCUT2D eigenvalue weighted by Gasteiger charge is -2.39. The molecule has 1 aromatic rings. The Bertz CT molecular complexity index is 531. The quantitative estimate of drug-likeness (QED) is 0.895. The van der Waals surface area contributed by atoms with Crippen LogP contribution in [0.2, 0.25) is 0 Å². The highest BCUT2D eigenvalue weighted by Gasteiger charge is 2.36. The zero-order valence-corrected chi connectivity index (χ0v) is 13.2. The van der Waals surface area contributed by atoms with E-state index in [1.165, 1.54) is 0 Å². The highest BCUT2D eigenvalue weighted by molar-refractivity contribution is 5.85. The Morgan fingerprint density at radius 3 is 2.48 bits per heavy atom. The number of ether oxygens (including phenoxy) is 2. The molecule has 21 heavy (non-hydrogen) atoms. The fourth-order valence-corrected chi connectivity index (χ4v) is 2.43. The molecule has 1 saturated carbocycles. The summed E-state index contributed by atoms with van der Waals surface area (Å²) >= 11 is 0. The van der Waals surface area contributed by atoms with Gasteiger partial charge in [-0.05, 0) is 46.1 Å². The fourth-order valence-electron chi connectivity index (χ4n) is 2.43. The molecule has 1 aromatic carbocycles. The first-order chi connectivity index (χ1) is 9.73. The molecule has 0 atom stereocenters. The first-order valence-corrected chi connectivity index (χ1v) is 7.21. The van der Waals surface area contributed by atoms with Crippen molar-refractivity contribution in [3.05, 3.63) is 23.8 Å². The molecule has 5 nitrogen and oxygen atoms in total. The van der Waals surface area contributed by atoms with Crippen molar-refractivity contribution in [1.29, 1.82) is 0 Å². The Morgan fingerprint density at radius 2 is 2.00 bits per heavy atom. The van der Waals surface area contributed by atoms with Crippen LogP contribution in [0.1, 0.15) is 45.6 Å². The van der Waals surface area contributed by atoms with E-state index in [9.17, 15) is 4.79 Å². The summed E-state index contributed by atoms with van der Waals surface area (Å²) in [6.07, 6.45) is 2.57. The highest BCUT2D eigenvalue weighted by Crippen LogP contribution is 2.43. The van der Waals surface area contributed by atoms with Crippen molar-refractivity contribution in [2.75, 3.05) is 12.4 Å². The Hall–Kier alpha value is -1.75. The van der Waals surface area contributed by atoms with Crippen molar-refractivity contribution in [3.63, 3.8) is 0 Å². The smallest absolute Gasteiger partial charge is 0.412 e. The molecule has 1 aliphatic carbocycles. The number of rotatable bonds is 3. The lowest BCUT2D eigenvalue weighted by Crippen LogP contribution is -2.43. The summed E-state index contributed by atoms with van der Waals surface area (Å²) in [5.74, 6) is 0.700. The lowest BCUT2D eigenvalue weighted by molar-refractivity contribution is 0.0636. The normalized spacial score (nSPS) is 16.8.